The third-order valence-electron chi connectivity index (χ3n) is 4.90. The van der Waals surface area contributed by atoms with E-state index in [-0.39, 0.29) is 0 Å². The molecule has 28 heavy (non-hydrogen) atoms. The molecule has 0 saturated heterocycles. The second-order valence-electron chi connectivity index (χ2n) is 7.30. The van der Waals surface area contributed by atoms with E-state index in [1.54, 1.807) is 0 Å². The average Bonchev–Trinajstić information content (AvgIpc) is 2.69. The second-order valence-corrected chi connectivity index (χ2v) is 7.30. The van der Waals surface area contributed by atoms with E-state index in [1.165, 1.54) is 27.8 Å². The molecule has 3 rings (SSSR count). The molecule has 0 aliphatic carbocycles. The van der Waals surface area contributed by atoms with Gasteiger partial charge in [0.25, 0.3) is 0 Å². The maximum absolute atomic E-state index is 10.8. The van der Waals surface area contributed by atoms with Crippen LogP contribution >= 0.6 is 0 Å². The van der Waals surface area contributed by atoms with Gasteiger partial charge in [-0.3, -0.25) is 10.1 Å². The molecule has 0 aliphatic heterocycles. The number of carbonyl (C=O) groups is 1. The molecule has 0 aromatic heterocycles. The minimum Gasteiger partial charge on any atom is -0.288 e. The van der Waals surface area contributed by atoms with E-state index in [9.17, 15) is 4.79 Å². The number of benzene rings is 3. The van der Waals surface area contributed by atoms with Gasteiger partial charge >= 0.3 is 0 Å². The summed E-state index contributed by atoms with van der Waals surface area (Å²) < 4.78 is 0. The molecule has 0 heterocycles. The van der Waals surface area contributed by atoms with Crippen molar-refractivity contribution in [2.75, 3.05) is 0 Å². The van der Waals surface area contributed by atoms with Crippen molar-refractivity contribution >= 4 is 6.41 Å². The van der Waals surface area contributed by atoms with Crippen LogP contribution in [-0.4, -0.2) is 6.41 Å². The summed E-state index contributed by atoms with van der Waals surface area (Å²) in [7, 11) is 0. The zero-order chi connectivity index (χ0) is 19.8. The Labute approximate surface area is 167 Å². The zero-order valence-corrected chi connectivity index (χ0v) is 16.4. The topological polar surface area (TPSA) is 29.1 Å². The van der Waals surface area contributed by atoms with Gasteiger partial charge in [-0.2, -0.15) is 0 Å². The predicted octanol–water partition coefficient (Wildman–Crippen LogP) is 4.73. The molecule has 1 N–H and O–H groups in total. The first-order valence-corrected chi connectivity index (χ1v) is 9.49. The van der Waals surface area contributed by atoms with Crippen LogP contribution in [0.15, 0.2) is 78.9 Å². The van der Waals surface area contributed by atoms with E-state index in [0.717, 1.165) is 12.8 Å². The Hall–Kier alpha value is -3.31. The summed E-state index contributed by atoms with van der Waals surface area (Å²) in [6, 6.07) is 30.3. The largest absolute Gasteiger partial charge is 0.288 e. The van der Waals surface area contributed by atoms with Gasteiger partial charge in [-0.25, -0.2) is 0 Å². The number of nitrogens with one attached hydrogen (secondary N) is 1. The van der Waals surface area contributed by atoms with Crippen LogP contribution in [-0.2, 0) is 23.1 Å². The van der Waals surface area contributed by atoms with Crippen molar-refractivity contribution in [3.8, 4) is 12.0 Å². The number of carbonyl (C=O) groups excluding carboxylic acids is 1. The first-order valence-electron chi connectivity index (χ1n) is 9.49. The first kappa shape index (κ1) is 19.5. The summed E-state index contributed by atoms with van der Waals surface area (Å²) >= 11 is 0. The normalized spacial score (nSPS) is 10.6. The molecule has 2 nitrogen and oxygen atoms in total. The van der Waals surface area contributed by atoms with Gasteiger partial charge in [-0.05, 0) is 43.4 Å². The van der Waals surface area contributed by atoms with Gasteiger partial charge in [0.15, 0.2) is 0 Å². The van der Waals surface area contributed by atoms with E-state index in [1.807, 2.05) is 12.1 Å². The number of hydrogen-bond acceptors (Lipinski definition) is 1. The van der Waals surface area contributed by atoms with Gasteiger partial charge in [0, 0.05) is 6.04 Å². The van der Waals surface area contributed by atoms with Crippen LogP contribution in [0.25, 0.3) is 0 Å². The van der Waals surface area contributed by atoms with E-state index >= 15 is 0 Å². The van der Waals surface area contributed by atoms with Crippen LogP contribution in [0.3, 0.4) is 0 Å². The Bertz CT molecular complexity index is 919. The smallest absolute Gasteiger partial charge is 0.218 e. The Balaban J connectivity index is 2.17. The SMILES string of the molecule is Cc1cc(C)cc(C(C#CNC=O)(Cc2ccccc2)Cc2ccccc2)c1. The molecule has 0 fully saturated rings. The zero-order valence-electron chi connectivity index (χ0n) is 16.4. The summed E-state index contributed by atoms with van der Waals surface area (Å²) in [4.78, 5) is 10.8. The van der Waals surface area contributed by atoms with Crippen LogP contribution in [0, 0.1) is 25.8 Å². The number of rotatable bonds is 6. The molecule has 3 aromatic rings. The second kappa shape index (κ2) is 9.06. The molecule has 0 unspecified atom stereocenters. The van der Waals surface area contributed by atoms with Gasteiger partial charge < -0.3 is 0 Å². The fraction of sp³-hybridized carbons (Fsp3) is 0.192. The number of aryl methyl sites for hydroxylation is 2. The van der Waals surface area contributed by atoms with Crippen LogP contribution in [0.4, 0.5) is 0 Å². The van der Waals surface area contributed by atoms with E-state index in [0.29, 0.717) is 6.41 Å². The first-order chi connectivity index (χ1) is 13.6. The summed E-state index contributed by atoms with van der Waals surface area (Å²) in [5, 5.41) is 2.53. The molecular weight excluding hydrogens is 342 g/mol. The lowest BCUT2D eigenvalue weighted by atomic mass is 9.71. The Morgan fingerprint density at radius 3 is 1.79 bits per heavy atom. The standard InChI is InChI=1S/C26H25NO/c1-21-15-22(2)17-25(16-21)26(13-14-27-20-28,18-23-9-5-3-6-10-23)19-24-11-7-4-8-12-24/h3-12,15-17,20H,18-19H2,1-2H3,(H,27,28). The highest BCUT2D eigenvalue weighted by Gasteiger charge is 2.32. The maximum atomic E-state index is 10.8. The highest BCUT2D eigenvalue weighted by atomic mass is 16.1. The van der Waals surface area contributed by atoms with Gasteiger partial charge in [-0.1, -0.05) is 95.9 Å². The summed E-state index contributed by atoms with van der Waals surface area (Å²) in [6.07, 6.45) is 2.16. The third kappa shape index (κ3) is 4.90. The lowest BCUT2D eigenvalue weighted by molar-refractivity contribution is -0.108. The number of hydrogen-bond donors (Lipinski definition) is 1. The van der Waals surface area contributed by atoms with E-state index in [4.69, 9.17) is 0 Å². The highest BCUT2D eigenvalue weighted by Crippen LogP contribution is 2.33. The lowest BCUT2D eigenvalue weighted by Gasteiger charge is -2.30. The van der Waals surface area contributed by atoms with Crippen molar-refractivity contribution < 1.29 is 4.79 Å². The summed E-state index contributed by atoms with van der Waals surface area (Å²) in [5.41, 5.74) is 5.60. The van der Waals surface area contributed by atoms with Gasteiger partial charge in [0.05, 0.1) is 5.41 Å². The molecule has 3 aromatic carbocycles. The van der Waals surface area contributed by atoms with Crippen molar-refractivity contribution in [1.29, 1.82) is 0 Å². The Morgan fingerprint density at radius 1 is 0.821 bits per heavy atom. The van der Waals surface area contributed by atoms with Crippen molar-refractivity contribution in [3.63, 3.8) is 0 Å². The quantitative estimate of drug-likeness (QED) is 0.381. The Morgan fingerprint density at radius 2 is 1.32 bits per heavy atom. The molecule has 0 spiro atoms. The number of amides is 1. The van der Waals surface area contributed by atoms with Gasteiger partial charge in [0.2, 0.25) is 6.41 Å². The molecular formula is C26H25NO. The van der Waals surface area contributed by atoms with Crippen LogP contribution < -0.4 is 5.32 Å². The van der Waals surface area contributed by atoms with Crippen LogP contribution in [0.2, 0.25) is 0 Å². The van der Waals surface area contributed by atoms with Crippen molar-refractivity contribution in [2.45, 2.75) is 32.1 Å². The van der Waals surface area contributed by atoms with Crippen molar-refractivity contribution in [2.24, 2.45) is 0 Å². The summed E-state index contributed by atoms with van der Waals surface area (Å²) in [5.74, 6) is 3.41. The highest BCUT2D eigenvalue weighted by molar-refractivity contribution is 5.51. The van der Waals surface area contributed by atoms with Crippen LogP contribution in [0.5, 0.6) is 0 Å². The molecule has 140 valence electrons. The molecule has 1 amide bonds. The minimum absolute atomic E-state index is 0.449. The van der Waals surface area contributed by atoms with Crippen LogP contribution in [0.1, 0.15) is 27.8 Å². The van der Waals surface area contributed by atoms with Crippen molar-refractivity contribution in [3.05, 3.63) is 107 Å². The Kier molecular flexibility index (Phi) is 6.29. The molecule has 0 atom stereocenters. The van der Waals surface area contributed by atoms with E-state index < -0.39 is 5.41 Å². The molecule has 2 heteroatoms. The lowest BCUT2D eigenvalue weighted by Crippen LogP contribution is -2.31. The molecule has 0 aliphatic rings. The predicted molar refractivity (Wildman–Crippen MR) is 115 cm³/mol. The molecule has 0 radical (unpaired) electrons. The summed E-state index contributed by atoms with van der Waals surface area (Å²) in [6.45, 7) is 4.23. The molecule has 0 bridgehead atoms. The monoisotopic (exact) mass is 367 g/mol. The fourth-order valence-corrected chi connectivity index (χ4v) is 3.75. The fourth-order valence-electron chi connectivity index (χ4n) is 3.75. The minimum atomic E-state index is -0.449. The van der Waals surface area contributed by atoms with E-state index in [2.05, 4.69) is 97.9 Å². The third-order valence-corrected chi connectivity index (χ3v) is 4.90. The molecule has 0 saturated carbocycles. The van der Waals surface area contributed by atoms with Gasteiger partial charge in [-0.15, -0.1) is 0 Å². The van der Waals surface area contributed by atoms with Crippen molar-refractivity contribution in [1.82, 2.24) is 5.32 Å². The average molecular weight is 367 g/mol. The van der Waals surface area contributed by atoms with Gasteiger partial charge in [0.1, 0.15) is 0 Å². The maximum Gasteiger partial charge on any atom is 0.218 e.